The maximum Gasteiger partial charge on any atom is 0.256 e. The highest BCUT2D eigenvalue weighted by molar-refractivity contribution is 8.03. The zero-order valence-electron chi connectivity index (χ0n) is 15.4. The number of pyridine rings is 1. The minimum Gasteiger partial charge on any atom is -0.338 e. The number of thioether (sulfide) groups is 1. The predicted octanol–water partition coefficient (Wildman–Crippen LogP) is 5.53. The lowest BCUT2D eigenvalue weighted by Crippen LogP contribution is -2.18. The Morgan fingerprint density at radius 2 is 1.57 bits per heavy atom. The zero-order chi connectivity index (χ0) is 19.1. The summed E-state index contributed by atoms with van der Waals surface area (Å²) in [6, 6.07) is 28.0. The fraction of sp³-hybridized carbons (Fsp3) is 0.0417. The van der Waals surface area contributed by atoms with Crippen LogP contribution in [0.5, 0.6) is 0 Å². The van der Waals surface area contributed by atoms with Crippen molar-refractivity contribution >= 4 is 34.4 Å². The predicted molar refractivity (Wildman–Crippen MR) is 118 cm³/mol. The van der Waals surface area contributed by atoms with Crippen LogP contribution < -0.4 is 10.5 Å². The van der Waals surface area contributed by atoms with Crippen LogP contribution in [-0.2, 0) is 0 Å². The summed E-state index contributed by atoms with van der Waals surface area (Å²) in [5, 5.41) is 2.17. The van der Waals surface area contributed by atoms with Gasteiger partial charge in [0.25, 0.3) is 5.56 Å². The molecule has 0 N–H and O–H groups in total. The van der Waals surface area contributed by atoms with E-state index < -0.39 is 0 Å². The van der Waals surface area contributed by atoms with Crippen LogP contribution in [0.1, 0.15) is 5.56 Å². The number of benzene rings is 3. The third-order valence-corrected chi connectivity index (χ3v) is 6.19. The first-order chi connectivity index (χ1) is 13.7. The Morgan fingerprint density at radius 3 is 2.39 bits per heavy atom. The SMILES string of the molecule is CN1C(=Cc2cc(=O)n(-c3ccccc3)c3ccccc23)Sc2ccccc21. The Morgan fingerprint density at radius 1 is 0.857 bits per heavy atom. The van der Waals surface area contributed by atoms with E-state index in [-0.39, 0.29) is 5.56 Å². The molecule has 0 fully saturated rings. The van der Waals surface area contributed by atoms with Crippen molar-refractivity contribution in [2.45, 2.75) is 4.90 Å². The molecule has 0 amide bonds. The summed E-state index contributed by atoms with van der Waals surface area (Å²) >= 11 is 1.73. The molecule has 2 heterocycles. The molecular formula is C24H18N2OS. The van der Waals surface area contributed by atoms with E-state index >= 15 is 0 Å². The largest absolute Gasteiger partial charge is 0.338 e. The van der Waals surface area contributed by atoms with Crippen molar-refractivity contribution in [3.63, 3.8) is 0 Å². The second-order valence-electron chi connectivity index (χ2n) is 6.74. The third-order valence-electron chi connectivity index (χ3n) is 5.02. The van der Waals surface area contributed by atoms with Gasteiger partial charge in [0.15, 0.2) is 0 Å². The van der Waals surface area contributed by atoms with E-state index in [2.05, 4.69) is 48.4 Å². The molecule has 3 aromatic carbocycles. The Bertz CT molecular complexity index is 1270. The van der Waals surface area contributed by atoms with Crippen molar-refractivity contribution in [1.29, 1.82) is 0 Å². The van der Waals surface area contributed by atoms with Gasteiger partial charge in [0.1, 0.15) is 0 Å². The molecule has 28 heavy (non-hydrogen) atoms. The maximum atomic E-state index is 13.0. The molecule has 0 atom stereocenters. The van der Waals surface area contributed by atoms with Crippen LogP contribution in [0, 0.1) is 0 Å². The Hall–Kier alpha value is -3.24. The molecule has 0 aliphatic carbocycles. The van der Waals surface area contributed by atoms with Gasteiger partial charge >= 0.3 is 0 Å². The number of nitrogens with zero attached hydrogens (tertiary/aromatic N) is 2. The molecule has 5 rings (SSSR count). The number of hydrogen-bond acceptors (Lipinski definition) is 3. The van der Waals surface area contributed by atoms with Gasteiger partial charge in [-0.2, -0.15) is 0 Å². The first-order valence-corrected chi connectivity index (χ1v) is 9.96. The Labute approximate surface area is 167 Å². The molecule has 0 saturated heterocycles. The highest BCUT2D eigenvalue weighted by Gasteiger charge is 2.21. The molecule has 1 aliphatic rings. The van der Waals surface area contributed by atoms with Crippen LogP contribution in [0.4, 0.5) is 5.69 Å². The van der Waals surface area contributed by atoms with E-state index in [9.17, 15) is 4.79 Å². The van der Waals surface area contributed by atoms with Crippen molar-refractivity contribution < 1.29 is 0 Å². The van der Waals surface area contributed by atoms with Gasteiger partial charge in [-0.15, -0.1) is 0 Å². The smallest absolute Gasteiger partial charge is 0.256 e. The topological polar surface area (TPSA) is 25.2 Å². The van der Waals surface area contributed by atoms with Crippen LogP contribution >= 0.6 is 11.8 Å². The third kappa shape index (κ3) is 2.74. The summed E-state index contributed by atoms with van der Waals surface area (Å²) in [5.41, 5.74) is 3.90. The molecular weight excluding hydrogens is 364 g/mol. The highest BCUT2D eigenvalue weighted by atomic mass is 32.2. The van der Waals surface area contributed by atoms with Crippen LogP contribution in [-0.4, -0.2) is 11.6 Å². The first-order valence-electron chi connectivity index (χ1n) is 9.15. The molecule has 136 valence electrons. The molecule has 0 bridgehead atoms. The molecule has 0 unspecified atom stereocenters. The van der Waals surface area contributed by atoms with Gasteiger partial charge in [0, 0.05) is 29.1 Å². The van der Waals surface area contributed by atoms with E-state index in [4.69, 9.17) is 0 Å². The lowest BCUT2D eigenvalue weighted by molar-refractivity contribution is 1.04. The lowest BCUT2D eigenvalue weighted by Gasteiger charge is -2.15. The zero-order valence-corrected chi connectivity index (χ0v) is 16.2. The van der Waals surface area contributed by atoms with Crippen molar-refractivity contribution in [3.05, 3.63) is 106 Å². The first kappa shape index (κ1) is 16.9. The van der Waals surface area contributed by atoms with Gasteiger partial charge < -0.3 is 4.90 Å². The van der Waals surface area contributed by atoms with Crippen LogP contribution in [0.2, 0.25) is 0 Å². The molecule has 0 radical (unpaired) electrons. The fourth-order valence-electron chi connectivity index (χ4n) is 3.65. The van der Waals surface area contributed by atoms with E-state index in [1.54, 1.807) is 22.4 Å². The minimum atomic E-state index is -0.0279. The number of anilines is 1. The Balaban J connectivity index is 1.70. The van der Waals surface area contributed by atoms with Crippen molar-refractivity contribution in [3.8, 4) is 5.69 Å². The number of para-hydroxylation sites is 3. The van der Waals surface area contributed by atoms with Gasteiger partial charge in [-0.05, 0) is 42.0 Å². The summed E-state index contributed by atoms with van der Waals surface area (Å²) in [5.74, 6) is 0. The van der Waals surface area contributed by atoms with E-state index in [1.807, 2.05) is 48.5 Å². The summed E-state index contributed by atoms with van der Waals surface area (Å²) in [4.78, 5) is 16.5. The normalized spacial score (nSPS) is 14.6. The van der Waals surface area contributed by atoms with Crippen LogP contribution in [0.3, 0.4) is 0 Å². The van der Waals surface area contributed by atoms with Crippen LogP contribution in [0.25, 0.3) is 22.7 Å². The molecule has 4 heteroatoms. The standard InChI is InChI=1S/C24H18N2OS/c1-25-21-13-7-8-14-22(21)28-24(25)16-17-15-23(27)26(18-9-3-2-4-10-18)20-12-6-5-11-19(17)20/h2-16H,1H3. The number of fused-ring (bicyclic) bond motifs is 2. The average Bonchev–Trinajstić information content (AvgIpc) is 3.04. The van der Waals surface area contributed by atoms with Gasteiger partial charge in [-0.1, -0.05) is 60.3 Å². The molecule has 0 saturated carbocycles. The average molecular weight is 382 g/mol. The molecule has 1 aromatic heterocycles. The van der Waals surface area contributed by atoms with Crippen molar-refractivity contribution in [2.75, 3.05) is 11.9 Å². The summed E-state index contributed by atoms with van der Waals surface area (Å²) in [7, 11) is 2.07. The lowest BCUT2D eigenvalue weighted by atomic mass is 10.1. The van der Waals surface area contributed by atoms with Gasteiger partial charge in [0.05, 0.1) is 16.2 Å². The fourth-order valence-corrected chi connectivity index (χ4v) is 4.75. The van der Waals surface area contributed by atoms with Gasteiger partial charge in [0.2, 0.25) is 0 Å². The highest BCUT2D eigenvalue weighted by Crippen LogP contribution is 2.45. The summed E-state index contributed by atoms with van der Waals surface area (Å²) in [6.45, 7) is 0. The minimum absolute atomic E-state index is 0.0279. The molecule has 1 aliphatic heterocycles. The molecule has 0 spiro atoms. The second kappa shape index (κ2) is 6.73. The van der Waals surface area contributed by atoms with Gasteiger partial charge in [-0.3, -0.25) is 9.36 Å². The van der Waals surface area contributed by atoms with Crippen LogP contribution in [0.15, 0.2) is 99.6 Å². The molecule has 3 nitrogen and oxygen atoms in total. The Kier molecular flexibility index (Phi) is 4.06. The number of rotatable bonds is 2. The van der Waals surface area contributed by atoms with E-state index in [0.29, 0.717) is 0 Å². The van der Waals surface area contributed by atoms with E-state index in [1.165, 1.54) is 10.6 Å². The summed E-state index contributed by atoms with van der Waals surface area (Å²) < 4.78 is 1.78. The van der Waals surface area contributed by atoms with Crippen molar-refractivity contribution in [2.24, 2.45) is 0 Å². The second-order valence-corrected chi connectivity index (χ2v) is 7.80. The summed E-state index contributed by atoms with van der Waals surface area (Å²) in [6.07, 6.45) is 2.11. The maximum absolute atomic E-state index is 13.0. The monoisotopic (exact) mass is 382 g/mol. The molecule has 4 aromatic rings. The van der Waals surface area contributed by atoms with Gasteiger partial charge in [-0.25, -0.2) is 0 Å². The van der Waals surface area contributed by atoms with Crippen molar-refractivity contribution in [1.82, 2.24) is 4.57 Å². The number of hydrogen-bond donors (Lipinski definition) is 0. The quantitative estimate of drug-likeness (QED) is 0.456. The van der Waals surface area contributed by atoms with E-state index in [0.717, 1.165) is 27.2 Å². The number of aromatic nitrogens is 1.